The van der Waals surface area contributed by atoms with Crippen molar-refractivity contribution in [3.63, 3.8) is 0 Å². The maximum atomic E-state index is 6.55. The molecule has 0 bridgehead atoms. The summed E-state index contributed by atoms with van der Waals surface area (Å²) in [6.07, 6.45) is -0.617. The number of furan rings is 1. The average Bonchev–Trinajstić information content (AvgIpc) is 3.93. The molecule has 12 rings (SSSR count). The van der Waals surface area contributed by atoms with E-state index in [0.717, 1.165) is 50.0 Å². The zero-order chi connectivity index (χ0) is 36.0. The number of nitrogens with zero attached hydrogens (tertiary/aromatic N) is 1. The molecular formula is C49H31N3OS2. The number of thiophene rings is 2. The topological polar surface area (TPSA) is 49.6 Å². The highest BCUT2D eigenvalue weighted by Crippen LogP contribution is 2.44. The van der Waals surface area contributed by atoms with Gasteiger partial charge in [0.2, 0.25) is 0 Å². The van der Waals surface area contributed by atoms with E-state index in [1.807, 2.05) is 28.7 Å². The van der Waals surface area contributed by atoms with Gasteiger partial charge in [-0.1, -0.05) is 121 Å². The van der Waals surface area contributed by atoms with Gasteiger partial charge in [0, 0.05) is 62.2 Å². The first kappa shape index (κ1) is 31.1. The third-order valence-electron chi connectivity index (χ3n) is 11.2. The Morgan fingerprint density at radius 1 is 0.491 bits per heavy atom. The second-order valence-corrected chi connectivity index (χ2v) is 16.5. The molecule has 55 heavy (non-hydrogen) atoms. The summed E-state index contributed by atoms with van der Waals surface area (Å²) in [6.45, 7) is 0. The highest BCUT2D eigenvalue weighted by atomic mass is 32.1. The summed E-state index contributed by atoms with van der Waals surface area (Å²) in [4.78, 5) is 5.44. The molecule has 4 heterocycles. The Bertz CT molecular complexity index is 3370. The predicted molar refractivity (Wildman–Crippen MR) is 234 cm³/mol. The lowest BCUT2D eigenvalue weighted by atomic mass is 9.92. The highest BCUT2D eigenvalue weighted by molar-refractivity contribution is 7.26. The van der Waals surface area contributed by atoms with Crippen molar-refractivity contribution in [1.82, 2.24) is 10.6 Å². The van der Waals surface area contributed by atoms with E-state index in [-0.39, 0.29) is 12.3 Å². The van der Waals surface area contributed by atoms with Gasteiger partial charge in [0.1, 0.15) is 29.3 Å². The van der Waals surface area contributed by atoms with Gasteiger partial charge in [-0.05, 0) is 69.9 Å². The van der Waals surface area contributed by atoms with E-state index in [4.69, 9.17) is 9.41 Å². The van der Waals surface area contributed by atoms with Crippen molar-refractivity contribution in [2.75, 3.05) is 0 Å². The second kappa shape index (κ2) is 12.1. The number of nitrogens with one attached hydrogen (secondary N) is 2. The molecule has 0 aliphatic carbocycles. The number of aliphatic imine (C=N–C) groups is 1. The largest absolute Gasteiger partial charge is 0.456 e. The lowest BCUT2D eigenvalue weighted by Crippen LogP contribution is -2.45. The quantitative estimate of drug-likeness (QED) is 0.189. The number of hydrogen-bond donors (Lipinski definition) is 2. The van der Waals surface area contributed by atoms with Crippen LogP contribution in [-0.4, -0.2) is 5.84 Å². The van der Waals surface area contributed by atoms with E-state index in [9.17, 15) is 0 Å². The molecular weight excluding hydrogens is 711 g/mol. The molecule has 0 saturated carbocycles. The smallest absolute Gasteiger partial charge is 0.135 e. The van der Waals surface area contributed by atoms with Gasteiger partial charge in [-0.25, -0.2) is 4.99 Å². The summed E-state index contributed by atoms with van der Waals surface area (Å²) >= 11 is 3.69. The Hall–Kier alpha value is -6.31. The Morgan fingerprint density at radius 3 is 1.96 bits per heavy atom. The summed E-state index contributed by atoms with van der Waals surface area (Å²) in [5.41, 5.74) is 7.39. The summed E-state index contributed by atoms with van der Waals surface area (Å²) in [5, 5.41) is 17.7. The fraction of sp³-hybridized carbons (Fsp3) is 0.0408. The predicted octanol–water partition coefficient (Wildman–Crippen LogP) is 13.5. The molecule has 11 aromatic rings. The van der Waals surface area contributed by atoms with Crippen LogP contribution in [0, 0.1) is 0 Å². The van der Waals surface area contributed by atoms with Crippen LogP contribution in [0.4, 0.5) is 0 Å². The lowest BCUT2D eigenvalue weighted by Gasteiger charge is -2.33. The molecule has 8 aromatic carbocycles. The Morgan fingerprint density at radius 2 is 1.15 bits per heavy atom. The fourth-order valence-electron chi connectivity index (χ4n) is 8.56. The van der Waals surface area contributed by atoms with E-state index >= 15 is 0 Å². The van der Waals surface area contributed by atoms with Gasteiger partial charge in [-0.15, -0.1) is 22.7 Å². The van der Waals surface area contributed by atoms with Crippen LogP contribution in [0.15, 0.2) is 173 Å². The minimum Gasteiger partial charge on any atom is -0.456 e. The van der Waals surface area contributed by atoms with Gasteiger partial charge >= 0.3 is 0 Å². The van der Waals surface area contributed by atoms with E-state index in [1.165, 1.54) is 56.7 Å². The minimum atomic E-state index is -0.311. The van der Waals surface area contributed by atoms with Crippen molar-refractivity contribution in [1.29, 1.82) is 0 Å². The van der Waals surface area contributed by atoms with Gasteiger partial charge in [0.25, 0.3) is 0 Å². The van der Waals surface area contributed by atoms with Crippen LogP contribution < -0.4 is 10.6 Å². The molecule has 0 fully saturated rings. The van der Waals surface area contributed by atoms with E-state index < -0.39 is 0 Å². The van der Waals surface area contributed by atoms with Crippen LogP contribution in [0.2, 0.25) is 0 Å². The molecule has 1 aliphatic heterocycles. The van der Waals surface area contributed by atoms with E-state index in [0.29, 0.717) is 0 Å². The Kier molecular flexibility index (Phi) is 6.84. The van der Waals surface area contributed by atoms with E-state index in [1.54, 1.807) is 0 Å². The minimum absolute atomic E-state index is 0.306. The van der Waals surface area contributed by atoms with Crippen LogP contribution in [-0.2, 0) is 0 Å². The Balaban J connectivity index is 1.08. The van der Waals surface area contributed by atoms with Gasteiger partial charge in [0.15, 0.2) is 0 Å². The van der Waals surface area contributed by atoms with Crippen molar-refractivity contribution in [3.8, 4) is 11.1 Å². The molecule has 0 amide bonds. The molecule has 260 valence electrons. The first-order chi connectivity index (χ1) is 27.2. The number of rotatable bonds is 4. The summed E-state index contributed by atoms with van der Waals surface area (Å²) < 4.78 is 11.7. The molecule has 2 N–H and O–H groups in total. The van der Waals surface area contributed by atoms with Gasteiger partial charge in [-0.2, -0.15) is 0 Å². The van der Waals surface area contributed by atoms with Crippen molar-refractivity contribution in [2.45, 2.75) is 12.3 Å². The van der Waals surface area contributed by atoms with E-state index in [2.05, 4.69) is 168 Å². The van der Waals surface area contributed by atoms with Crippen LogP contribution >= 0.6 is 22.7 Å². The van der Waals surface area contributed by atoms with Gasteiger partial charge in [0.05, 0.1) is 0 Å². The van der Waals surface area contributed by atoms with Gasteiger partial charge < -0.3 is 9.73 Å². The first-order valence-corrected chi connectivity index (χ1v) is 20.2. The third kappa shape index (κ3) is 4.96. The molecule has 2 unspecified atom stereocenters. The Labute approximate surface area is 324 Å². The first-order valence-electron chi connectivity index (χ1n) is 18.6. The summed E-state index contributed by atoms with van der Waals surface area (Å²) in [7, 11) is 0. The third-order valence-corrected chi connectivity index (χ3v) is 13.4. The second-order valence-electron chi connectivity index (χ2n) is 14.3. The number of benzene rings is 8. The van der Waals surface area contributed by atoms with Gasteiger partial charge in [-0.3, -0.25) is 5.32 Å². The molecule has 0 spiro atoms. The monoisotopic (exact) mass is 741 g/mol. The number of amidine groups is 1. The molecule has 0 radical (unpaired) electrons. The summed E-state index contributed by atoms with van der Waals surface area (Å²) in [6, 6.07) is 59.0. The SMILES string of the molecule is c1ccc2cc(C3=NC(c4ccc5c(c4)sc4ccccc45)NC(c4c(-c5ccc6c(c5)sc5ccccc56)ccc5oc6ccccc6c45)N3)ccc2c1. The lowest BCUT2D eigenvalue weighted by molar-refractivity contribution is 0.412. The molecule has 3 aromatic heterocycles. The molecule has 4 nitrogen and oxygen atoms in total. The van der Waals surface area contributed by atoms with Crippen LogP contribution in [0.1, 0.15) is 29.0 Å². The zero-order valence-electron chi connectivity index (χ0n) is 29.4. The molecule has 1 aliphatic rings. The standard InChI is InChI=1S/C49H31N3OS2/c1-2-10-29-25-31(18-17-28(29)9-1)47-50-48(32-20-22-37-35-12-5-8-16-42(35)55-44(37)27-32)52-49(51-47)46-33(23-24-40-45(46)38-13-3-6-14-39(38)53-40)30-19-21-36-34-11-4-7-15-41(34)54-43(36)26-30/h1-27,48-49,52H,(H,50,51). The number of hydrogen-bond acceptors (Lipinski definition) is 6. The fourth-order valence-corrected chi connectivity index (χ4v) is 10.9. The van der Waals surface area contributed by atoms with Crippen LogP contribution in [0.3, 0.4) is 0 Å². The normalized spacial score (nSPS) is 16.2. The number of fused-ring (bicyclic) bond motifs is 10. The van der Waals surface area contributed by atoms with Crippen molar-refractivity contribution < 1.29 is 4.42 Å². The van der Waals surface area contributed by atoms with Crippen LogP contribution in [0.5, 0.6) is 0 Å². The molecule has 2 atom stereocenters. The van der Waals surface area contributed by atoms with Crippen LogP contribution in [0.25, 0.3) is 84.2 Å². The molecule has 0 saturated heterocycles. The van der Waals surface area contributed by atoms with Crippen molar-refractivity contribution in [2.24, 2.45) is 4.99 Å². The molecule has 6 heteroatoms. The number of para-hydroxylation sites is 1. The highest BCUT2D eigenvalue weighted by Gasteiger charge is 2.31. The summed E-state index contributed by atoms with van der Waals surface area (Å²) in [5.74, 6) is 0.853. The average molecular weight is 742 g/mol. The maximum Gasteiger partial charge on any atom is 0.135 e. The van der Waals surface area contributed by atoms with Crippen molar-refractivity contribution in [3.05, 3.63) is 180 Å². The van der Waals surface area contributed by atoms with Crippen molar-refractivity contribution >= 4 is 102 Å². The maximum absolute atomic E-state index is 6.55. The zero-order valence-corrected chi connectivity index (χ0v) is 31.0.